The first-order valence-corrected chi connectivity index (χ1v) is 6.19. The average Bonchev–Trinajstić information content (AvgIpc) is 2.89. The molecule has 0 unspecified atom stereocenters. The van der Waals surface area contributed by atoms with E-state index >= 15 is 0 Å². The van der Waals surface area contributed by atoms with Gasteiger partial charge < -0.3 is 15.2 Å². The molecule has 0 radical (unpaired) electrons. The number of carbonyl (C=O) groups excluding carboxylic acids is 1. The van der Waals surface area contributed by atoms with E-state index in [1.54, 1.807) is 6.07 Å². The number of amides is 2. The molecule has 0 bridgehead atoms. The zero-order chi connectivity index (χ0) is 12.8. The summed E-state index contributed by atoms with van der Waals surface area (Å²) in [6, 6.07) is 9.23. The van der Waals surface area contributed by atoms with Crippen LogP contribution in [0.3, 0.4) is 0 Å². The minimum atomic E-state index is -0.235. The molecule has 0 aliphatic rings. The van der Waals surface area contributed by atoms with Crippen molar-refractivity contribution in [1.82, 2.24) is 15.8 Å². The smallest absolute Gasteiger partial charge is 0.315 e. The van der Waals surface area contributed by atoms with Gasteiger partial charge in [-0.2, -0.15) is 0 Å². The number of hydrogen-bond acceptors (Lipinski definition) is 3. The topological polar surface area (TPSA) is 67.2 Å². The first-order chi connectivity index (χ1) is 8.74. The van der Waals surface area contributed by atoms with Gasteiger partial charge in [-0.3, -0.25) is 0 Å². The fourth-order valence-corrected chi connectivity index (χ4v) is 1.61. The van der Waals surface area contributed by atoms with Crippen LogP contribution in [-0.4, -0.2) is 11.2 Å². The van der Waals surface area contributed by atoms with Crippen molar-refractivity contribution >= 4 is 22.0 Å². The Balaban J connectivity index is 1.73. The lowest BCUT2D eigenvalue weighted by atomic mass is 10.2. The zero-order valence-corrected chi connectivity index (χ0v) is 11.1. The maximum atomic E-state index is 11.5. The summed E-state index contributed by atoms with van der Waals surface area (Å²) in [4.78, 5) is 11.5. The van der Waals surface area contributed by atoms with Crippen molar-refractivity contribution in [2.45, 2.75) is 13.1 Å². The van der Waals surface area contributed by atoms with Gasteiger partial charge in [-0.05, 0) is 17.7 Å². The Labute approximate surface area is 113 Å². The van der Waals surface area contributed by atoms with Crippen LogP contribution in [0.25, 0.3) is 0 Å². The Morgan fingerprint density at radius 3 is 2.56 bits per heavy atom. The first kappa shape index (κ1) is 12.6. The molecule has 94 valence electrons. The molecule has 1 aromatic carbocycles. The molecule has 1 aromatic heterocycles. The van der Waals surface area contributed by atoms with Crippen LogP contribution in [0.5, 0.6) is 0 Å². The fourth-order valence-electron chi connectivity index (χ4n) is 1.35. The van der Waals surface area contributed by atoms with Crippen LogP contribution in [0, 0.1) is 0 Å². The number of benzene rings is 1. The predicted octanol–water partition coefficient (Wildman–Crippen LogP) is 2.44. The van der Waals surface area contributed by atoms with E-state index < -0.39 is 0 Å². The van der Waals surface area contributed by atoms with Gasteiger partial charge in [0.15, 0.2) is 0 Å². The summed E-state index contributed by atoms with van der Waals surface area (Å²) in [7, 11) is 0. The number of nitrogens with zero attached hydrogens (tertiary/aromatic N) is 1. The minimum absolute atomic E-state index is 0.235. The molecule has 6 heteroatoms. The van der Waals surface area contributed by atoms with E-state index in [0.29, 0.717) is 18.8 Å². The third kappa shape index (κ3) is 3.89. The largest absolute Gasteiger partial charge is 0.364 e. The molecule has 0 fully saturated rings. The SMILES string of the molecule is O=C(NCc1ccc(Br)cc1)NCc1ccon1. The van der Waals surface area contributed by atoms with Gasteiger partial charge in [0, 0.05) is 17.1 Å². The van der Waals surface area contributed by atoms with Crippen LogP contribution < -0.4 is 10.6 Å². The molecule has 2 aromatic rings. The van der Waals surface area contributed by atoms with Crippen LogP contribution in [0.15, 0.2) is 45.6 Å². The van der Waals surface area contributed by atoms with Gasteiger partial charge in [0.05, 0.1) is 6.54 Å². The summed E-state index contributed by atoms with van der Waals surface area (Å²) in [6.45, 7) is 0.834. The molecule has 0 saturated carbocycles. The molecular weight excluding hydrogens is 298 g/mol. The fraction of sp³-hybridized carbons (Fsp3) is 0.167. The van der Waals surface area contributed by atoms with Gasteiger partial charge in [0.2, 0.25) is 0 Å². The quantitative estimate of drug-likeness (QED) is 0.911. The van der Waals surface area contributed by atoms with Crippen molar-refractivity contribution in [3.05, 3.63) is 52.3 Å². The third-order valence-corrected chi connectivity index (χ3v) is 2.82. The number of carbonyl (C=O) groups is 1. The number of hydrogen-bond donors (Lipinski definition) is 2. The van der Waals surface area contributed by atoms with E-state index in [1.807, 2.05) is 24.3 Å². The molecular formula is C12H12BrN3O2. The summed E-state index contributed by atoms with van der Waals surface area (Å²) < 4.78 is 5.68. The normalized spacial score (nSPS) is 10.1. The van der Waals surface area contributed by atoms with Crippen molar-refractivity contribution < 1.29 is 9.32 Å². The number of halogens is 1. The van der Waals surface area contributed by atoms with Gasteiger partial charge in [0.1, 0.15) is 12.0 Å². The molecule has 5 nitrogen and oxygen atoms in total. The van der Waals surface area contributed by atoms with Gasteiger partial charge >= 0.3 is 6.03 Å². The lowest BCUT2D eigenvalue weighted by molar-refractivity contribution is 0.240. The number of aromatic nitrogens is 1. The zero-order valence-electron chi connectivity index (χ0n) is 9.52. The highest BCUT2D eigenvalue weighted by Gasteiger charge is 2.02. The van der Waals surface area contributed by atoms with Crippen LogP contribution in [0.1, 0.15) is 11.3 Å². The molecule has 0 aliphatic carbocycles. The second kappa shape index (κ2) is 6.20. The molecule has 18 heavy (non-hydrogen) atoms. The van der Waals surface area contributed by atoms with Crippen molar-refractivity contribution in [2.75, 3.05) is 0 Å². The summed E-state index contributed by atoms with van der Waals surface area (Å²) in [5, 5.41) is 9.14. The Morgan fingerprint density at radius 2 is 1.89 bits per heavy atom. The average molecular weight is 310 g/mol. The molecule has 0 aliphatic heterocycles. The molecule has 0 saturated heterocycles. The van der Waals surface area contributed by atoms with E-state index in [4.69, 9.17) is 0 Å². The van der Waals surface area contributed by atoms with Gasteiger partial charge in [0.25, 0.3) is 0 Å². The number of rotatable bonds is 4. The summed E-state index contributed by atoms with van der Waals surface area (Å²) in [6.07, 6.45) is 1.47. The van der Waals surface area contributed by atoms with Gasteiger partial charge in [-0.15, -0.1) is 0 Å². The van der Waals surface area contributed by atoms with E-state index in [2.05, 4.69) is 36.2 Å². The molecule has 0 atom stereocenters. The van der Waals surface area contributed by atoms with E-state index in [9.17, 15) is 4.79 Å². The van der Waals surface area contributed by atoms with Crippen LogP contribution in [0.2, 0.25) is 0 Å². The second-order valence-corrected chi connectivity index (χ2v) is 4.57. The van der Waals surface area contributed by atoms with Crippen molar-refractivity contribution in [3.63, 3.8) is 0 Å². The summed E-state index contributed by atoms with van der Waals surface area (Å²) in [5.74, 6) is 0. The maximum Gasteiger partial charge on any atom is 0.315 e. The van der Waals surface area contributed by atoms with E-state index in [-0.39, 0.29) is 6.03 Å². The lowest BCUT2D eigenvalue weighted by Crippen LogP contribution is -2.34. The number of nitrogens with one attached hydrogen (secondary N) is 2. The molecule has 1 heterocycles. The minimum Gasteiger partial charge on any atom is -0.364 e. The molecule has 2 rings (SSSR count). The Morgan fingerprint density at radius 1 is 1.17 bits per heavy atom. The Kier molecular flexibility index (Phi) is 4.35. The Hall–Kier alpha value is -1.82. The monoisotopic (exact) mass is 309 g/mol. The molecule has 0 spiro atoms. The summed E-state index contributed by atoms with van der Waals surface area (Å²) >= 11 is 3.36. The van der Waals surface area contributed by atoms with Gasteiger partial charge in [-0.1, -0.05) is 33.2 Å². The number of urea groups is 1. The maximum absolute atomic E-state index is 11.5. The van der Waals surface area contributed by atoms with Crippen molar-refractivity contribution in [3.8, 4) is 0 Å². The van der Waals surface area contributed by atoms with E-state index in [0.717, 1.165) is 10.0 Å². The van der Waals surface area contributed by atoms with Crippen LogP contribution in [-0.2, 0) is 13.1 Å². The highest BCUT2D eigenvalue weighted by molar-refractivity contribution is 9.10. The summed E-state index contributed by atoms with van der Waals surface area (Å²) in [5.41, 5.74) is 1.73. The lowest BCUT2D eigenvalue weighted by Gasteiger charge is -2.06. The van der Waals surface area contributed by atoms with Crippen molar-refractivity contribution in [1.29, 1.82) is 0 Å². The Bertz CT molecular complexity index is 497. The predicted molar refractivity (Wildman–Crippen MR) is 69.7 cm³/mol. The third-order valence-electron chi connectivity index (χ3n) is 2.29. The van der Waals surface area contributed by atoms with Crippen LogP contribution >= 0.6 is 15.9 Å². The second-order valence-electron chi connectivity index (χ2n) is 3.65. The standard InChI is InChI=1S/C12H12BrN3O2/c13-10-3-1-9(2-4-10)7-14-12(17)15-8-11-5-6-18-16-11/h1-6H,7-8H2,(H2,14,15,17). The van der Waals surface area contributed by atoms with Crippen molar-refractivity contribution in [2.24, 2.45) is 0 Å². The van der Waals surface area contributed by atoms with Gasteiger partial charge in [-0.25, -0.2) is 4.79 Å². The molecule has 2 amide bonds. The first-order valence-electron chi connectivity index (χ1n) is 5.39. The highest BCUT2D eigenvalue weighted by Crippen LogP contribution is 2.10. The van der Waals surface area contributed by atoms with Crippen LogP contribution in [0.4, 0.5) is 4.79 Å². The highest BCUT2D eigenvalue weighted by atomic mass is 79.9. The van der Waals surface area contributed by atoms with E-state index in [1.165, 1.54) is 6.26 Å². The molecule has 2 N–H and O–H groups in total.